The Bertz CT molecular complexity index is 473. The molecule has 0 aliphatic carbocycles. The van der Waals surface area contributed by atoms with E-state index in [0.717, 1.165) is 17.7 Å². The zero-order chi connectivity index (χ0) is 11.5. The van der Waals surface area contributed by atoms with Gasteiger partial charge in [-0.15, -0.1) is 0 Å². The fourth-order valence-electron chi connectivity index (χ4n) is 1.55. The van der Waals surface area contributed by atoms with Crippen LogP contribution in [0.2, 0.25) is 0 Å². The molecule has 0 amide bonds. The number of nitrogen functional groups attached to an aromatic ring is 1. The maximum absolute atomic E-state index is 5.79. The first kappa shape index (κ1) is 10.7. The van der Waals surface area contributed by atoms with E-state index >= 15 is 0 Å². The quantitative estimate of drug-likeness (QED) is 0.854. The number of anilines is 1. The van der Waals surface area contributed by atoms with E-state index in [4.69, 9.17) is 5.73 Å². The van der Waals surface area contributed by atoms with Gasteiger partial charge in [0, 0.05) is 30.4 Å². The highest BCUT2D eigenvalue weighted by Crippen LogP contribution is 2.13. The first-order valence-electron chi connectivity index (χ1n) is 5.40. The molecule has 0 spiro atoms. The van der Waals surface area contributed by atoms with E-state index < -0.39 is 0 Å². The average Bonchev–Trinajstić information content (AvgIpc) is 2.70. The minimum absolute atomic E-state index is 0.389. The second-order valence-corrected chi connectivity index (χ2v) is 4.11. The van der Waals surface area contributed by atoms with Crippen LogP contribution in [0.25, 0.3) is 0 Å². The summed E-state index contributed by atoms with van der Waals surface area (Å²) in [6, 6.07) is 6.29. The van der Waals surface area contributed by atoms with E-state index in [1.165, 1.54) is 0 Å². The molecule has 4 nitrogen and oxygen atoms in total. The van der Waals surface area contributed by atoms with Gasteiger partial charge in [0.05, 0.1) is 5.69 Å². The summed E-state index contributed by atoms with van der Waals surface area (Å²) in [6.45, 7) is 4.21. The summed E-state index contributed by atoms with van der Waals surface area (Å²) in [5.41, 5.74) is 7.84. The Hall–Kier alpha value is -1.84. The minimum atomic E-state index is 0.389. The van der Waals surface area contributed by atoms with Gasteiger partial charge in [0.2, 0.25) is 0 Å². The van der Waals surface area contributed by atoms with Crippen LogP contribution in [0.3, 0.4) is 0 Å². The Labute approximate surface area is 95.1 Å². The van der Waals surface area contributed by atoms with Crippen molar-refractivity contribution in [1.29, 1.82) is 0 Å². The van der Waals surface area contributed by atoms with Crippen molar-refractivity contribution in [2.24, 2.45) is 0 Å². The van der Waals surface area contributed by atoms with E-state index in [-0.39, 0.29) is 0 Å². The highest BCUT2D eigenvalue weighted by atomic mass is 15.3. The van der Waals surface area contributed by atoms with Crippen LogP contribution in [0, 0.1) is 0 Å². The molecule has 2 heterocycles. The van der Waals surface area contributed by atoms with Crippen LogP contribution in [0.15, 0.2) is 30.6 Å². The van der Waals surface area contributed by atoms with E-state index in [1.807, 2.05) is 29.1 Å². The lowest BCUT2D eigenvalue weighted by molar-refractivity contribution is 0.527. The van der Waals surface area contributed by atoms with Crippen molar-refractivity contribution in [3.63, 3.8) is 0 Å². The van der Waals surface area contributed by atoms with Crippen LogP contribution in [0.5, 0.6) is 0 Å². The summed E-state index contributed by atoms with van der Waals surface area (Å²) in [4.78, 5) is 4.06. The van der Waals surface area contributed by atoms with Crippen molar-refractivity contribution in [3.05, 3.63) is 41.9 Å². The highest BCUT2D eigenvalue weighted by Gasteiger charge is 2.05. The molecule has 84 valence electrons. The van der Waals surface area contributed by atoms with Gasteiger partial charge in [-0.05, 0) is 26.0 Å². The van der Waals surface area contributed by atoms with Crippen LogP contribution in [-0.4, -0.2) is 14.8 Å². The van der Waals surface area contributed by atoms with Gasteiger partial charge in [-0.3, -0.25) is 4.68 Å². The van der Waals surface area contributed by atoms with Gasteiger partial charge in [0.15, 0.2) is 0 Å². The molecule has 2 N–H and O–H groups in total. The van der Waals surface area contributed by atoms with Gasteiger partial charge in [0.25, 0.3) is 0 Å². The third-order valence-corrected chi connectivity index (χ3v) is 2.49. The molecule has 0 fully saturated rings. The Morgan fingerprint density at radius 1 is 1.38 bits per heavy atom. The lowest BCUT2D eigenvalue weighted by Crippen LogP contribution is -2.03. The average molecular weight is 216 g/mol. The van der Waals surface area contributed by atoms with E-state index in [0.29, 0.717) is 11.9 Å². The molecule has 0 atom stereocenters. The number of pyridine rings is 1. The van der Waals surface area contributed by atoms with Crippen molar-refractivity contribution in [2.45, 2.75) is 26.3 Å². The highest BCUT2D eigenvalue weighted by molar-refractivity contribution is 5.40. The molecule has 0 aliphatic heterocycles. The molecule has 16 heavy (non-hydrogen) atoms. The molecule has 2 rings (SSSR count). The Morgan fingerprint density at radius 2 is 2.19 bits per heavy atom. The van der Waals surface area contributed by atoms with Gasteiger partial charge in [0.1, 0.15) is 5.82 Å². The second kappa shape index (κ2) is 4.35. The fourth-order valence-corrected chi connectivity index (χ4v) is 1.55. The first-order chi connectivity index (χ1) is 7.66. The summed E-state index contributed by atoms with van der Waals surface area (Å²) in [6.07, 6.45) is 4.43. The predicted molar refractivity (Wildman–Crippen MR) is 64.1 cm³/mol. The molecule has 0 saturated carbocycles. The van der Waals surface area contributed by atoms with E-state index in [9.17, 15) is 0 Å². The third kappa shape index (κ3) is 2.21. The largest absolute Gasteiger partial charge is 0.383 e. The molecule has 0 bridgehead atoms. The maximum Gasteiger partial charge on any atom is 0.126 e. The Balaban J connectivity index is 2.18. The van der Waals surface area contributed by atoms with Crippen molar-refractivity contribution >= 4 is 5.82 Å². The molecular formula is C12H16N4. The molecule has 0 radical (unpaired) electrons. The SMILES string of the molecule is CC(C)n1ccc(Cc2cccnc2N)n1. The van der Waals surface area contributed by atoms with Crippen molar-refractivity contribution in [3.8, 4) is 0 Å². The molecule has 2 aromatic rings. The van der Waals surface area contributed by atoms with Crippen molar-refractivity contribution in [2.75, 3.05) is 5.73 Å². The topological polar surface area (TPSA) is 56.7 Å². The van der Waals surface area contributed by atoms with Gasteiger partial charge in [-0.1, -0.05) is 6.07 Å². The molecule has 0 saturated heterocycles. The number of nitrogens with two attached hydrogens (primary N) is 1. The van der Waals surface area contributed by atoms with Gasteiger partial charge >= 0.3 is 0 Å². The molecule has 0 aliphatic rings. The predicted octanol–water partition coefficient (Wildman–Crippen LogP) is 2.03. The van der Waals surface area contributed by atoms with Gasteiger partial charge in [-0.25, -0.2) is 4.98 Å². The van der Waals surface area contributed by atoms with Crippen LogP contribution in [0.4, 0.5) is 5.82 Å². The van der Waals surface area contributed by atoms with E-state index in [1.54, 1.807) is 6.20 Å². The van der Waals surface area contributed by atoms with Crippen LogP contribution in [0.1, 0.15) is 31.1 Å². The Morgan fingerprint density at radius 3 is 2.81 bits per heavy atom. The van der Waals surface area contributed by atoms with Gasteiger partial charge < -0.3 is 5.73 Å². The summed E-state index contributed by atoms with van der Waals surface area (Å²) in [5.74, 6) is 0.585. The van der Waals surface area contributed by atoms with Crippen molar-refractivity contribution < 1.29 is 0 Å². The van der Waals surface area contributed by atoms with Gasteiger partial charge in [-0.2, -0.15) is 5.10 Å². The number of aromatic nitrogens is 3. The first-order valence-corrected chi connectivity index (χ1v) is 5.40. The maximum atomic E-state index is 5.79. The molecule has 0 unspecified atom stereocenters. The van der Waals surface area contributed by atoms with Crippen LogP contribution in [-0.2, 0) is 6.42 Å². The second-order valence-electron chi connectivity index (χ2n) is 4.11. The van der Waals surface area contributed by atoms with Crippen molar-refractivity contribution in [1.82, 2.24) is 14.8 Å². The minimum Gasteiger partial charge on any atom is -0.383 e. The molecule has 0 aromatic carbocycles. The fraction of sp³-hybridized carbons (Fsp3) is 0.333. The number of hydrogen-bond donors (Lipinski definition) is 1. The standard InChI is InChI=1S/C12H16N4/c1-9(2)16-7-5-11(15-16)8-10-4-3-6-14-12(10)13/h3-7,9H,8H2,1-2H3,(H2,13,14). The molecule has 2 aromatic heterocycles. The molecular weight excluding hydrogens is 200 g/mol. The number of nitrogens with zero attached hydrogens (tertiary/aromatic N) is 3. The number of hydrogen-bond acceptors (Lipinski definition) is 3. The smallest absolute Gasteiger partial charge is 0.126 e. The van der Waals surface area contributed by atoms with Crippen LogP contribution >= 0.6 is 0 Å². The number of rotatable bonds is 3. The lowest BCUT2D eigenvalue weighted by Gasteiger charge is -2.04. The normalized spacial score (nSPS) is 10.9. The Kier molecular flexibility index (Phi) is 2.90. The monoisotopic (exact) mass is 216 g/mol. The lowest BCUT2D eigenvalue weighted by atomic mass is 10.1. The zero-order valence-electron chi connectivity index (χ0n) is 9.59. The molecule has 4 heteroatoms. The summed E-state index contributed by atoms with van der Waals surface area (Å²) in [5, 5.41) is 4.48. The third-order valence-electron chi connectivity index (χ3n) is 2.49. The van der Waals surface area contributed by atoms with E-state index in [2.05, 4.69) is 23.9 Å². The van der Waals surface area contributed by atoms with Crippen LogP contribution < -0.4 is 5.73 Å². The summed E-state index contributed by atoms with van der Waals surface area (Å²) in [7, 11) is 0. The zero-order valence-corrected chi connectivity index (χ0v) is 9.59. The summed E-state index contributed by atoms with van der Waals surface area (Å²) >= 11 is 0. The summed E-state index contributed by atoms with van der Waals surface area (Å²) < 4.78 is 1.95.